The smallest absolute Gasteiger partial charge is 0.330 e. The molecule has 0 spiro atoms. The van der Waals surface area contributed by atoms with Gasteiger partial charge in [-0.05, 0) is 58.9 Å². The summed E-state index contributed by atoms with van der Waals surface area (Å²) in [5.41, 5.74) is 0. The van der Waals surface area contributed by atoms with E-state index < -0.39 is 56.0 Å². The standard InChI is InChI=1S/C10H30O11P4Si3/c1-22(11)15-23(12,17-24(13,16-22)19-26(2,3)4)18-25(14,20-27(5,6)7)21-28(8,9)10/h1-10H3. The molecule has 18 heteroatoms. The van der Waals surface area contributed by atoms with Gasteiger partial charge in [-0.25, -0.2) is 22.3 Å². The molecule has 0 amide bonds. The van der Waals surface area contributed by atoms with E-state index >= 15 is 0 Å². The molecule has 0 bridgehead atoms. The molecule has 1 fully saturated rings. The van der Waals surface area contributed by atoms with Crippen LogP contribution in [0.25, 0.3) is 0 Å². The zero-order valence-electron chi connectivity index (χ0n) is 17.8. The first-order valence-corrected chi connectivity index (χ1v) is 24.9. The van der Waals surface area contributed by atoms with Crippen LogP contribution in [0.2, 0.25) is 58.9 Å². The van der Waals surface area contributed by atoms with E-state index in [2.05, 4.69) is 0 Å². The lowest BCUT2D eigenvalue weighted by atomic mass is 11.8. The molecule has 0 saturated carbocycles. The topological polar surface area (TPSA) is 133 Å². The number of rotatable bonds is 8. The second-order valence-corrected chi connectivity index (χ2v) is 30.8. The van der Waals surface area contributed by atoms with Crippen LogP contribution < -0.4 is 0 Å². The normalized spacial score (nSPS) is 33.1. The average molecular weight is 534 g/mol. The van der Waals surface area contributed by atoms with Crippen molar-refractivity contribution < 1.29 is 48.1 Å². The summed E-state index contributed by atoms with van der Waals surface area (Å²) in [5, 5.41) is 0. The summed E-state index contributed by atoms with van der Waals surface area (Å²) in [6.45, 7) is 16.2. The van der Waals surface area contributed by atoms with Crippen LogP contribution >= 0.6 is 31.1 Å². The Morgan fingerprint density at radius 3 is 1.43 bits per heavy atom. The molecule has 3 atom stereocenters. The third kappa shape index (κ3) is 10.1. The van der Waals surface area contributed by atoms with Gasteiger partial charge in [-0.15, -0.1) is 0 Å². The molecule has 0 radical (unpaired) electrons. The van der Waals surface area contributed by atoms with Crippen LogP contribution in [0.5, 0.6) is 0 Å². The van der Waals surface area contributed by atoms with Crippen LogP contribution in [-0.4, -0.2) is 31.6 Å². The molecule has 1 heterocycles. The molecule has 11 nitrogen and oxygen atoms in total. The van der Waals surface area contributed by atoms with Gasteiger partial charge < -0.3 is 12.6 Å². The molecular weight excluding hydrogens is 504 g/mol. The largest absolute Gasteiger partial charge is 0.499 e. The Morgan fingerprint density at radius 1 is 0.679 bits per heavy atom. The lowest BCUT2D eigenvalue weighted by molar-refractivity contribution is 0.187. The summed E-state index contributed by atoms with van der Waals surface area (Å²) >= 11 is 0. The molecule has 0 N–H and O–H groups in total. The molecule has 168 valence electrons. The van der Waals surface area contributed by atoms with Crippen LogP contribution in [0.4, 0.5) is 0 Å². The van der Waals surface area contributed by atoms with Gasteiger partial charge in [0.2, 0.25) is 0 Å². The maximum absolute atomic E-state index is 13.2. The summed E-state index contributed by atoms with van der Waals surface area (Å²) in [5.74, 6) is 0. The molecule has 0 aromatic rings. The Labute approximate surface area is 169 Å². The van der Waals surface area contributed by atoms with E-state index in [1.54, 1.807) is 58.9 Å². The minimum absolute atomic E-state index is 0.926. The van der Waals surface area contributed by atoms with Crippen molar-refractivity contribution in [2.24, 2.45) is 0 Å². The number of hydrogen-bond acceptors (Lipinski definition) is 11. The van der Waals surface area contributed by atoms with Crippen LogP contribution in [0, 0.1) is 0 Å². The van der Waals surface area contributed by atoms with Crippen molar-refractivity contribution in [2.45, 2.75) is 58.9 Å². The summed E-state index contributed by atoms with van der Waals surface area (Å²) in [6, 6.07) is 0. The molecule has 0 aromatic heterocycles. The van der Waals surface area contributed by atoms with Crippen molar-refractivity contribution in [3.8, 4) is 0 Å². The van der Waals surface area contributed by atoms with Gasteiger partial charge >= 0.3 is 31.1 Å². The number of phosphoric acid groups is 3. The zero-order chi connectivity index (χ0) is 22.4. The highest BCUT2D eigenvalue weighted by Gasteiger charge is 2.58. The minimum atomic E-state index is -4.96. The quantitative estimate of drug-likeness (QED) is 0.241. The number of hydrogen-bond donors (Lipinski definition) is 0. The van der Waals surface area contributed by atoms with Gasteiger partial charge in [-0.1, -0.05) is 0 Å². The third-order valence-corrected chi connectivity index (χ3v) is 18.5. The molecule has 1 aliphatic rings. The molecule has 0 aromatic carbocycles. The fourth-order valence-electron chi connectivity index (χ4n) is 1.77. The molecular formula is C10H30O11P4Si3. The SMILES string of the molecule is C[Si](C)(C)OP(=O)(O[Si](C)(C)C)OP1(=O)OP(C)(=O)OP(=O)(O[Si](C)(C)C)O1. The molecule has 3 unspecified atom stereocenters. The molecule has 1 aliphatic heterocycles. The van der Waals surface area contributed by atoms with Crippen molar-refractivity contribution in [3.05, 3.63) is 0 Å². The van der Waals surface area contributed by atoms with Gasteiger partial charge in [0.1, 0.15) is 0 Å². The molecule has 28 heavy (non-hydrogen) atoms. The lowest BCUT2D eigenvalue weighted by Crippen LogP contribution is -2.30. The Balaban J connectivity index is 3.32. The Morgan fingerprint density at radius 2 is 1.07 bits per heavy atom. The van der Waals surface area contributed by atoms with Crippen molar-refractivity contribution in [2.75, 3.05) is 6.66 Å². The maximum Gasteiger partial charge on any atom is 0.499 e. The zero-order valence-corrected chi connectivity index (χ0v) is 24.4. The maximum atomic E-state index is 13.2. The fourth-order valence-corrected chi connectivity index (χ4v) is 18.8. The summed E-state index contributed by atoms with van der Waals surface area (Å²) < 4.78 is 87.5. The van der Waals surface area contributed by atoms with Crippen LogP contribution in [0.1, 0.15) is 0 Å². The van der Waals surface area contributed by atoms with Crippen LogP contribution in [0.15, 0.2) is 0 Å². The Hall–Kier alpha value is 1.29. The summed E-state index contributed by atoms with van der Waals surface area (Å²) in [4.78, 5) is 0. The van der Waals surface area contributed by atoms with Crippen molar-refractivity contribution in [1.29, 1.82) is 0 Å². The van der Waals surface area contributed by atoms with E-state index in [0.29, 0.717) is 0 Å². The Bertz CT molecular complexity index is 761. The van der Waals surface area contributed by atoms with Gasteiger partial charge in [-0.3, -0.25) is 4.57 Å². The first kappa shape index (κ1) is 27.3. The monoisotopic (exact) mass is 534 g/mol. The van der Waals surface area contributed by atoms with Crippen molar-refractivity contribution in [1.82, 2.24) is 0 Å². The van der Waals surface area contributed by atoms with E-state index in [4.69, 9.17) is 29.9 Å². The van der Waals surface area contributed by atoms with E-state index in [0.717, 1.165) is 6.66 Å². The highest BCUT2D eigenvalue weighted by molar-refractivity contribution is 7.79. The third-order valence-electron chi connectivity index (χ3n) is 2.05. The second kappa shape index (κ2) is 8.33. The summed E-state index contributed by atoms with van der Waals surface area (Å²) in [6.07, 6.45) is 0. The molecule has 1 saturated heterocycles. The highest BCUT2D eigenvalue weighted by Crippen LogP contribution is 2.85. The predicted molar refractivity (Wildman–Crippen MR) is 114 cm³/mol. The van der Waals surface area contributed by atoms with E-state index in [1.165, 1.54) is 0 Å². The van der Waals surface area contributed by atoms with Gasteiger partial charge in [0.05, 0.1) is 0 Å². The van der Waals surface area contributed by atoms with Gasteiger partial charge in [0.25, 0.3) is 0 Å². The van der Waals surface area contributed by atoms with Crippen molar-refractivity contribution in [3.63, 3.8) is 0 Å². The van der Waals surface area contributed by atoms with E-state index in [-0.39, 0.29) is 0 Å². The average Bonchev–Trinajstić information content (AvgIpc) is 2.10. The van der Waals surface area contributed by atoms with Gasteiger partial charge in [0, 0.05) is 6.66 Å². The predicted octanol–water partition coefficient (Wildman–Crippen LogP) is 6.77. The minimum Gasteiger partial charge on any atom is -0.330 e. The first-order chi connectivity index (χ1) is 11.9. The van der Waals surface area contributed by atoms with Gasteiger partial charge in [0.15, 0.2) is 25.0 Å². The van der Waals surface area contributed by atoms with Gasteiger partial charge in [-0.2, -0.15) is 8.62 Å². The van der Waals surface area contributed by atoms with Crippen LogP contribution in [-0.2, 0) is 48.1 Å². The highest BCUT2D eigenvalue weighted by atomic mass is 31.3. The molecule has 1 rings (SSSR count). The Kier molecular flexibility index (Phi) is 8.13. The summed E-state index contributed by atoms with van der Waals surface area (Å²) in [7, 11) is -25.9. The van der Waals surface area contributed by atoms with E-state index in [9.17, 15) is 18.3 Å². The first-order valence-electron chi connectivity index (χ1n) is 8.30. The van der Waals surface area contributed by atoms with E-state index in [1.807, 2.05) is 0 Å². The lowest BCUT2D eigenvalue weighted by Gasteiger charge is -2.36. The fraction of sp³-hybridized carbons (Fsp3) is 1.00. The van der Waals surface area contributed by atoms with Crippen LogP contribution in [0.3, 0.4) is 0 Å². The molecule has 0 aliphatic carbocycles. The van der Waals surface area contributed by atoms with Crippen molar-refractivity contribution >= 4 is 56.0 Å². The second-order valence-electron chi connectivity index (χ2n) is 9.05.